The lowest BCUT2D eigenvalue weighted by Gasteiger charge is -2.25. The molecule has 25 heavy (non-hydrogen) atoms. The number of nitrogens with zero attached hydrogens (tertiary/aromatic N) is 4. The molecule has 5 heteroatoms. The predicted octanol–water partition coefficient (Wildman–Crippen LogP) is 3.73. The number of rotatable bonds is 3. The summed E-state index contributed by atoms with van der Waals surface area (Å²) in [4.78, 5) is 17.6. The fourth-order valence-corrected chi connectivity index (χ4v) is 4.75. The van der Waals surface area contributed by atoms with Crippen molar-refractivity contribution in [2.75, 3.05) is 0 Å². The van der Waals surface area contributed by atoms with E-state index in [2.05, 4.69) is 16.2 Å². The Morgan fingerprint density at radius 2 is 2.16 bits per heavy atom. The molecule has 5 nitrogen and oxygen atoms in total. The minimum atomic E-state index is -0.00920. The number of pyridine rings is 1. The second kappa shape index (κ2) is 5.38. The lowest BCUT2D eigenvalue weighted by atomic mass is 9.86. The van der Waals surface area contributed by atoms with Crippen LogP contribution in [0.1, 0.15) is 59.9 Å². The van der Waals surface area contributed by atoms with E-state index in [1.165, 1.54) is 12.8 Å². The van der Waals surface area contributed by atoms with Crippen LogP contribution in [0.4, 0.5) is 0 Å². The van der Waals surface area contributed by atoms with Crippen LogP contribution < -0.4 is 0 Å². The average Bonchev–Trinajstić information content (AvgIpc) is 3.37. The lowest BCUT2D eigenvalue weighted by Crippen LogP contribution is -2.24. The number of carbonyl (C=O) groups excluding carboxylic acids is 1. The maximum absolute atomic E-state index is 13.2. The van der Waals surface area contributed by atoms with Gasteiger partial charge in [0.15, 0.2) is 0 Å². The summed E-state index contributed by atoms with van der Waals surface area (Å²) in [6.45, 7) is 0. The van der Waals surface area contributed by atoms with E-state index < -0.39 is 0 Å². The Hall–Kier alpha value is -2.74. The Morgan fingerprint density at radius 1 is 1.32 bits per heavy atom. The predicted molar refractivity (Wildman–Crippen MR) is 92.7 cm³/mol. The van der Waals surface area contributed by atoms with Crippen LogP contribution in [0.3, 0.4) is 0 Å². The Morgan fingerprint density at radius 3 is 2.96 bits per heavy atom. The van der Waals surface area contributed by atoms with Gasteiger partial charge >= 0.3 is 0 Å². The standard InChI is InChI=1S/C20H18N4O/c21-9-7-17(12-3-1-2-4-12)24-19-15(11-23-24)13-8-10-22-16-6-5-14(18(13)16)20(19)25/h5,8,10-12,17H,1-4,6-7H2/t17-/m1/s1. The topological polar surface area (TPSA) is 71.6 Å². The fourth-order valence-electron chi connectivity index (χ4n) is 4.75. The number of aromatic nitrogens is 3. The number of hydrogen-bond donors (Lipinski definition) is 0. The van der Waals surface area contributed by atoms with E-state index in [0.29, 0.717) is 24.5 Å². The van der Waals surface area contributed by atoms with Crippen molar-refractivity contribution in [1.82, 2.24) is 14.8 Å². The molecule has 2 aromatic rings. The molecule has 0 radical (unpaired) electrons. The minimum absolute atomic E-state index is 0.00920. The third-order valence-corrected chi connectivity index (χ3v) is 5.90. The third kappa shape index (κ3) is 1.97. The summed E-state index contributed by atoms with van der Waals surface area (Å²) < 4.78 is 1.86. The molecule has 5 rings (SSSR count). The second-order valence-corrected chi connectivity index (χ2v) is 7.16. The van der Waals surface area contributed by atoms with Crippen molar-refractivity contribution in [1.29, 1.82) is 5.26 Å². The number of allylic oxidation sites excluding steroid dienone is 2. The smallest absolute Gasteiger partial charge is 0.212 e. The van der Waals surface area contributed by atoms with Crippen LogP contribution >= 0.6 is 0 Å². The zero-order valence-corrected chi connectivity index (χ0v) is 13.9. The second-order valence-electron chi connectivity index (χ2n) is 7.16. The molecule has 0 unspecified atom stereocenters. The molecule has 3 aliphatic rings. The Bertz CT molecular complexity index is 957. The van der Waals surface area contributed by atoms with Gasteiger partial charge in [-0.15, -0.1) is 0 Å². The van der Waals surface area contributed by atoms with Gasteiger partial charge in [0, 0.05) is 29.3 Å². The molecule has 0 saturated heterocycles. The minimum Gasteiger partial charge on any atom is -0.287 e. The van der Waals surface area contributed by atoms with Gasteiger partial charge in [0.25, 0.3) is 0 Å². The molecule has 0 spiro atoms. The van der Waals surface area contributed by atoms with Crippen LogP contribution in [0.2, 0.25) is 0 Å². The summed E-state index contributed by atoms with van der Waals surface area (Å²) >= 11 is 0. The third-order valence-electron chi connectivity index (χ3n) is 5.90. The zero-order chi connectivity index (χ0) is 17.0. The molecule has 0 aromatic carbocycles. The Balaban J connectivity index is 1.69. The summed E-state index contributed by atoms with van der Waals surface area (Å²) in [5.41, 5.74) is 5.32. The van der Waals surface area contributed by atoms with E-state index in [1.807, 2.05) is 23.0 Å². The Kier molecular flexibility index (Phi) is 3.14. The van der Waals surface area contributed by atoms with E-state index in [9.17, 15) is 10.1 Å². The van der Waals surface area contributed by atoms with Crippen LogP contribution in [-0.2, 0) is 6.42 Å². The van der Waals surface area contributed by atoms with Crippen LogP contribution in [0, 0.1) is 17.2 Å². The molecule has 2 aromatic heterocycles. The SMILES string of the molecule is N#CC[C@H](C1CCCC1)n1ncc2c1C(=O)C1=CCc3nccc-2c31. The molecule has 0 N–H and O–H groups in total. The molecule has 0 aliphatic heterocycles. The maximum Gasteiger partial charge on any atom is 0.212 e. The fraction of sp³-hybridized carbons (Fsp3) is 0.400. The molecular formula is C20H18N4O. The van der Waals surface area contributed by atoms with Gasteiger partial charge < -0.3 is 0 Å². The molecular weight excluding hydrogens is 312 g/mol. The van der Waals surface area contributed by atoms with Gasteiger partial charge in [0.2, 0.25) is 5.78 Å². The van der Waals surface area contributed by atoms with E-state index in [4.69, 9.17) is 0 Å². The maximum atomic E-state index is 13.2. The molecule has 1 fully saturated rings. The molecule has 0 bridgehead atoms. The van der Waals surface area contributed by atoms with Crippen LogP contribution in [-0.4, -0.2) is 20.5 Å². The first-order valence-corrected chi connectivity index (χ1v) is 8.97. The summed E-state index contributed by atoms with van der Waals surface area (Å²) in [5, 5.41) is 13.9. The summed E-state index contributed by atoms with van der Waals surface area (Å²) in [6.07, 6.45) is 11.3. The van der Waals surface area contributed by atoms with Gasteiger partial charge in [-0.25, -0.2) is 0 Å². The molecule has 1 atom stereocenters. The number of carbonyl (C=O) groups is 1. The van der Waals surface area contributed by atoms with Crippen molar-refractivity contribution in [3.05, 3.63) is 41.5 Å². The molecule has 1 saturated carbocycles. The van der Waals surface area contributed by atoms with Crippen molar-refractivity contribution in [2.45, 2.75) is 44.6 Å². The normalized spacial score (nSPS) is 19.3. The molecule has 0 amide bonds. The number of Topliss-reactive ketones (excluding diaryl/α,β-unsaturated/α-hetero) is 1. The number of nitriles is 1. The highest BCUT2D eigenvalue weighted by molar-refractivity contribution is 6.34. The van der Waals surface area contributed by atoms with Gasteiger partial charge in [-0.1, -0.05) is 18.9 Å². The lowest BCUT2D eigenvalue weighted by molar-refractivity contribution is 0.104. The van der Waals surface area contributed by atoms with Crippen molar-refractivity contribution < 1.29 is 4.79 Å². The van der Waals surface area contributed by atoms with Crippen molar-refractivity contribution in [3.63, 3.8) is 0 Å². The molecule has 2 heterocycles. The first-order chi connectivity index (χ1) is 12.3. The zero-order valence-electron chi connectivity index (χ0n) is 13.9. The van der Waals surface area contributed by atoms with Gasteiger partial charge in [-0.05, 0) is 30.4 Å². The van der Waals surface area contributed by atoms with Crippen LogP contribution in [0.15, 0.2) is 24.5 Å². The first-order valence-electron chi connectivity index (χ1n) is 8.97. The van der Waals surface area contributed by atoms with E-state index in [-0.39, 0.29) is 11.8 Å². The first kappa shape index (κ1) is 14.6. The monoisotopic (exact) mass is 330 g/mol. The van der Waals surface area contributed by atoms with Crippen molar-refractivity contribution in [2.24, 2.45) is 5.92 Å². The van der Waals surface area contributed by atoms with E-state index in [0.717, 1.165) is 40.8 Å². The highest BCUT2D eigenvalue weighted by Crippen LogP contribution is 2.45. The Labute approximate surface area is 146 Å². The van der Waals surface area contributed by atoms with E-state index >= 15 is 0 Å². The molecule has 3 aliphatic carbocycles. The largest absolute Gasteiger partial charge is 0.287 e. The summed E-state index contributed by atoms with van der Waals surface area (Å²) in [6, 6.07) is 4.28. The van der Waals surface area contributed by atoms with Gasteiger partial charge in [-0.3, -0.25) is 14.5 Å². The number of fused-ring (bicyclic) bond motifs is 2. The van der Waals surface area contributed by atoms with Gasteiger partial charge in [-0.2, -0.15) is 10.4 Å². The number of ketones is 1. The van der Waals surface area contributed by atoms with Gasteiger partial charge in [0.1, 0.15) is 5.69 Å². The van der Waals surface area contributed by atoms with Crippen molar-refractivity contribution in [3.8, 4) is 17.2 Å². The van der Waals surface area contributed by atoms with Crippen LogP contribution in [0.5, 0.6) is 0 Å². The van der Waals surface area contributed by atoms with Crippen molar-refractivity contribution >= 4 is 11.4 Å². The summed E-state index contributed by atoms with van der Waals surface area (Å²) in [5.74, 6) is 0.469. The highest BCUT2D eigenvalue weighted by atomic mass is 16.1. The summed E-state index contributed by atoms with van der Waals surface area (Å²) in [7, 11) is 0. The molecule has 124 valence electrons. The average molecular weight is 330 g/mol. The van der Waals surface area contributed by atoms with E-state index in [1.54, 1.807) is 6.20 Å². The quantitative estimate of drug-likeness (QED) is 0.860. The highest BCUT2D eigenvalue weighted by Gasteiger charge is 2.38. The number of hydrogen-bond acceptors (Lipinski definition) is 4. The van der Waals surface area contributed by atoms with Crippen LogP contribution in [0.25, 0.3) is 16.7 Å². The van der Waals surface area contributed by atoms with Gasteiger partial charge in [0.05, 0.1) is 30.4 Å².